The number of halogens is 3. The highest BCUT2D eigenvalue weighted by Crippen LogP contribution is 2.42. The minimum absolute atomic E-state index is 0.0473. The smallest absolute Gasteiger partial charge is 0.354 e. The van der Waals surface area contributed by atoms with E-state index in [2.05, 4.69) is 17.2 Å². The van der Waals surface area contributed by atoms with Crippen molar-refractivity contribution in [1.29, 1.82) is 0 Å². The van der Waals surface area contributed by atoms with Crippen molar-refractivity contribution in [2.45, 2.75) is 51.4 Å². The average Bonchev–Trinajstić information content (AvgIpc) is 3.59. The fourth-order valence-electron chi connectivity index (χ4n) is 4.83. The van der Waals surface area contributed by atoms with E-state index in [0.29, 0.717) is 24.6 Å². The summed E-state index contributed by atoms with van der Waals surface area (Å²) in [6, 6.07) is 2.19. The monoisotopic (exact) mass is 504 g/mol. The van der Waals surface area contributed by atoms with Crippen molar-refractivity contribution in [3.05, 3.63) is 59.3 Å². The molecule has 0 saturated heterocycles. The summed E-state index contributed by atoms with van der Waals surface area (Å²) in [5.41, 5.74) is -0.782. The minimum atomic E-state index is -4.68. The zero-order chi connectivity index (χ0) is 26.2. The quantitative estimate of drug-likeness (QED) is 0.499. The van der Waals surface area contributed by atoms with E-state index in [9.17, 15) is 27.6 Å². The maximum absolute atomic E-state index is 13.8. The van der Waals surface area contributed by atoms with Crippen LogP contribution in [-0.2, 0) is 15.8 Å². The van der Waals surface area contributed by atoms with E-state index < -0.39 is 35.8 Å². The van der Waals surface area contributed by atoms with Crippen molar-refractivity contribution in [2.24, 2.45) is 11.8 Å². The maximum atomic E-state index is 13.8. The second-order valence-corrected chi connectivity index (χ2v) is 9.99. The van der Waals surface area contributed by atoms with Crippen molar-refractivity contribution in [3.8, 4) is 0 Å². The Bertz CT molecular complexity index is 1090. The molecule has 0 unspecified atom stereocenters. The molecule has 0 bridgehead atoms. The van der Waals surface area contributed by atoms with Crippen molar-refractivity contribution in [1.82, 2.24) is 20.4 Å². The van der Waals surface area contributed by atoms with E-state index in [1.807, 2.05) is 13.8 Å². The Balaban J connectivity index is 1.74. The second kappa shape index (κ2) is 9.99. The van der Waals surface area contributed by atoms with E-state index in [1.165, 1.54) is 34.1 Å². The molecule has 7 nitrogen and oxygen atoms in total. The van der Waals surface area contributed by atoms with Gasteiger partial charge >= 0.3 is 12.2 Å². The van der Waals surface area contributed by atoms with E-state index in [1.54, 1.807) is 0 Å². The lowest BCUT2D eigenvalue weighted by Gasteiger charge is -2.33. The van der Waals surface area contributed by atoms with Gasteiger partial charge in [-0.05, 0) is 42.7 Å². The second-order valence-electron chi connectivity index (χ2n) is 9.99. The third-order valence-corrected chi connectivity index (χ3v) is 6.77. The van der Waals surface area contributed by atoms with Gasteiger partial charge < -0.3 is 15.5 Å². The third kappa shape index (κ3) is 5.12. The van der Waals surface area contributed by atoms with Crippen LogP contribution in [0.5, 0.6) is 0 Å². The number of carbonyl (C=O) groups is 3. The number of benzene rings is 1. The molecule has 2 atom stereocenters. The van der Waals surface area contributed by atoms with Crippen LogP contribution in [0.2, 0.25) is 0 Å². The lowest BCUT2D eigenvalue weighted by atomic mass is 9.91. The highest BCUT2D eigenvalue weighted by atomic mass is 19.4. The van der Waals surface area contributed by atoms with E-state index in [-0.39, 0.29) is 36.1 Å². The minimum Gasteiger partial charge on any atom is -0.354 e. The molecular formula is C26H31F3N4O3. The zero-order valence-electron chi connectivity index (χ0n) is 20.4. The summed E-state index contributed by atoms with van der Waals surface area (Å²) in [5.74, 6) is -0.306. The molecule has 10 heteroatoms. The fourth-order valence-corrected chi connectivity index (χ4v) is 4.83. The van der Waals surface area contributed by atoms with Crippen LogP contribution in [0.4, 0.5) is 18.0 Å². The predicted octanol–water partition coefficient (Wildman–Crippen LogP) is 3.99. The van der Waals surface area contributed by atoms with Crippen LogP contribution in [0.25, 0.3) is 0 Å². The average molecular weight is 505 g/mol. The molecule has 2 heterocycles. The summed E-state index contributed by atoms with van der Waals surface area (Å²) >= 11 is 0. The Morgan fingerprint density at radius 3 is 2.56 bits per heavy atom. The van der Waals surface area contributed by atoms with Gasteiger partial charge in [0, 0.05) is 13.1 Å². The molecule has 2 aliphatic heterocycles. The van der Waals surface area contributed by atoms with Gasteiger partial charge in [-0.25, -0.2) is 4.79 Å². The Morgan fingerprint density at radius 1 is 1.25 bits per heavy atom. The topological polar surface area (TPSA) is 81.8 Å². The third-order valence-electron chi connectivity index (χ3n) is 6.77. The Hall–Kier alpha value is -3.30. The van der Waals surface area contributed by atoms with E-state index >= 15 is 0 Å². The molecule has 0 radical (unpaired) electrons. The van der Waals surface area contributed by atoms with Gasteiger partial charge in [-0.3, -0.25) is 14.5 Å². The molecule has 1 aromatic rings. The number of hydrogen-bond acceptors (Lipinski definition) is 3. The summed E-state index contributed by atoms with van der Waals surface area (Å²) in [7, 11) is 0. The standard InChI is InChI=1S/C26H31F3N4O3/c1-4-11-32-20-14-33(19(12-15(2)3)23(34)30-13-16-9-10-16)24(35)21(20)22(31-25(32)36)17-7-5-6-8-18(17)26(27,28)29/h4-8,15-16,19,22H,1,9-14H2,2-3H3,(H,30,34)(H,31,36)/t19-,22+/m1/s1. The molecule has 194 valence electrons. The molecular weight excluding hydrogens is 473 g/mol. The van der Waals surface area contributed by atoms with Crippen LogP contribution >= 0.6 is 0 Å². The molecule has 1 fully saturated rings. The van der Waals surface area contributed by atoms with Crippen LogP contribution < -0.4 is 10.6 Å². The summed E-state index contributed by atoms with van der Waals surface area (Å²) in [6.07, 6.45) is -0.703. The molecule has 1 aromatic carbocycles. The first-order valence-electron chi connectivity index (χ1n) is 12.2. The molecule has 2 N–H and O–H groups in total. The fraction of sp³-hybridized carbons (Fsp3) is 0.500. The summed E-state index contributed by atoms with van der Waals surface area (Å²) in [4.78, 5) is 42.7. The predicted molar refractivity (Wildman–Crippen MR) is 127 cm³/mol. The van der Waals surface area contributed by atoms with Crippen LogP contribution in [0.3, 0.4) is 0 Å². The van der Waals surface area contributed by atoms with Crippen LogP contribution in [0, 0.1) is 11.8 Å². The Kier molecular flexibility index (Phi) is 7.15. The molecule has 36 heavy (non-hydrogen) atoms. The molecule has 4 rings (SSSR count). The van der Waals surface area contributed by atoms with Gasteiger partial charge in [-0.2, -0.15) is 13.2 Å². The van der Waals surface area contributed by atoms with Gasteiger partial charge in [0.15, 0.2) is 0 Å². The van der Waals surface area contributed by atoms with Gasteiger partial charge in [0.1, 0.15) is 6.04 Å². The first kappa shape index (κ1) is 25.8. The number of nitrogens with one attached hydrogen (secondary N) is 2. The number of urea groups is 1. The SMILES string of the molecule is C=CCN1C(=O)N[C@@H](c2ccccc2C(F)(F)F)C2=C1CN([C@H](CC(C)C)C(=O)NCC1CC1)C2=O. The molecule has 4 amide bonds. The number of rotatable bonds is 9. The van der Waals surface area contributed by atoms with E-state index in [4.69, 9.17) is 0 Å². The zero-order valence-corrected chi connectivity index (χ0v) is 20.4. The molecule has 0 aromatic heterocycles. The Labute approximate surface area is 208 Å². The lowest BCUT2D eigenvalue weighted by molar-refractivity contribution is -0.139. The summed E-state index contributed by atoms with van der Waals surface area (Å²) < 4.78 is 41.5. The number of hydrogen-bond donors (Lipinski definition) is 2. The van der Waals surface area contributed by atoms with Crippen molar-refractivity contribution in [3.63, 3.8) is 0 Å². The molecule has 0 spiro atoms. The summed E-state index contributed by atoms with van der Waals surface area (Å²) in [6.45, 7) is 8.09. The van der Waals surface area contributed by atoms with Crippen molar-refractivity contribution >= 4 is 17.8 Å². The highest BCUT2D eigenvalue weighted by Gasteiger charge is 2.48. The first-order valence-corrected chi connectivity index (χ1v) is 12.2. The van der Waals surface area contributed by atoms with Crippen LogP contribution in [-0.4, -0.2) is 53.3 Å². The normalized spacial score (nSPS) is 21.0. The van der Waals surface area contributed by atoms with Gasteiger partial charge in [-0.15, -0.1) is 6.58 Å². The number of alkyl halides is 3. The van der Waals surface area contributed by atoms with Gasteiger partial charge in [0.05, 0.1) is 29.4 Å². The Morgan fingerprint density at radius 2 is 1.94 bits per heavy atom. The number of carbonyl (C=O) groups excluding carboxylic acids is 3. The van der Waals surface area contributed by atoms with Crippen molar-refractivity contribution in [2.75, 3.05) is 19.6 Å². The highest BCUT2D eigenvalue weighted by molar-refractivity contribution is 6.03. The van der Waals surface area contributed by atoms with Gasteiger partial charge in [0.25, 0.3) is 5.91 Å². The lowest BCUT2D eigenvalue weighted by Crippen LogP contribution is -2.49. The van der Waals surface area contributed by atoms with Gasteiger partial charge in [-0.1, -0.05) is 38.1 Å². The number of nitrogens with zero attached hydrogens (tertiary/aromatic N) is 2. The van der Waals surface area contributed by atoms with Crippen LogP contribution in [0.1, 0.15) is 50.3 Å². The molecule has 3 aliphatic rings. The van der Waals surface area contributed by atoms with Crippen molar-refractivity contribution < 1.29 is 27.6 Å². The van der Waals surface area contributed by atoms with E-state index in [0.717, 1.165) is 18.9 Å². The molecule has 1 aliphatic carbocycles. The summed E-state index contributed by atoms with van der Waals surface area (Å²) in [5, 5.41) is 5.53. The number of amides is 4. The maximum Gasteiger partial charge on any atom is 0.416 e. The largest absolute Gasteiger partial charge is 0.416 e. The molecule has 1 saturated carbocycles. The first-order chi connectivity index (χ1) is 17.0. The van der Waals surface area contributed by atoms with Gasteiger partial charge in [0.2, 0.25) is 5.91 Å². The van der Waals surface area contributed by atoms with Crippen LogP contribution in [0.15, 0.2) is 48.2 Å².